The molecule has 2 rings (SSSR count). The molecule has 1 heterocycles. The van der Waals surface area contributed by atoms with E-state index in [0.29, 0.717) is 25.2 Å². The summed E-state index contributed by atoms with van der Waals surface area (Å²) in [6.07, 6.45) is 0.687. The fourth-order valence-electron chi connectivity index (χ4n) is 2.37. The first kappa shape index (κ1) is 18.4. The van der Waals surface area contributed by atoms with Gasteiger partial charge in [0.15, 0.2) is 0 Å². The largest absolute Gasteiger partial charge is 0.466 e. The van der Waals surface area contributed by atoms with Crippen LogP contribution in [-0.4, -0.2) is 44.2 Å². The van der Waals surface area contributed by atoms with E-state index in [1.54, 1.807) is 7.11 Å². The van der Waals surface area contributed by atoms with Crippen molar-refractivity contribution < 1.29 is 19.1 Å². The Labute approximate surface area is 136 Å². The second-order valence-electron chi connectivity index (χ2n) is 5.06. The van der Waals surface area contributed by atoms with Gasteiger partial charge >= 0.3 is 5.97 Å². The van der Waals surface area contributed by atoms with Gasteiger partial charge in [0.25, 0.3) is 0 Å². The Morgan fingerprint density at radius 1 is 1.41 bits per heavy atom. The summed E-state index contributed by atoms with van der Waals surface area (Å²) in [6.45, 7) is 0.324. The molecule has 0 bridgehead atoms. The Kier molecular flexibility index (Phi) is 6.80. The molecule has 2 N–H and O–H groups in total. The normalized spacial score (nSPS) is 21.3. The number of hydrogen-bond acceptors (Lipinski definition) is 6. The summed E-state index contributed by atoms with van der Waals surface area (Å²) in [5.41, 5.74) is 6.40. The van der Waals surface area contributed by atoms with Gasteiger partial charge in [0, 0.05) is 20.0 Å². The van der Waals surface area contributed by atoms with E-state index in [1.807, 2.05) is 30.3 Å². The zero-order valence-electron chi connectivity index (χ0n) is 12.7. The molecule has 0 saturated heterocycles. The van der Waals surface area contributed by atoms with Crippen molar-refractivity contribution in [2.24, 2.45) is 10.9 Å². The summed E-state index contributed by atoms with van der Waals surface area (Å²) in [7, 11) is 2.90. The predicted octanol–water partition coefficient (Wildman–Crippen LogP) is 1.31. The van der Waals surface area contributed by atoms with Crippen molar-refractivity contribution in [2.45, 2.75) is 24.5 Å². The fraction of sp³-hybridized carbons (Fsp3) is 0.467. The van der Waals surface area contributed by atoms with Gasteiger partial charge in [0.2, 0.25) is 5.60 Å². The number of carbonyl (C=O) groups is 1. The Hall–Kier alpha value is -1.63. The maximum atomic E-state index is 12.2. The van der Waals surface area contributed by atoms with E-state index in [2.05, 4.69) is 5.16 Å². The monoisotopic (exact) mass is 328 g/mol. The van der Waals surface area contributed by atoms with Gasteiger partial charge in [-0.1, -0.05) is 35.5 Å². The number of esters is 1. The molecule has 0 saturated carbocycles. The highest BCUT2D eigenvalue weighted by molar-refractivity contribution is 5.96. The zero-order valence-corrected chi connectivity index (χ0v) is 13.5. The molecular formula is C15H21ClN2O4. The van der Waals surface area contributed by atoms with E-state index in [-0.39, 0.29) is 12.4 Å². The summed E-state index contributed by atoms with van der Waals surface area (Å²) < 4.78 is 9.90. The molecule has 22 heavy (non-hydrogen) atoms. The van der Waals surface area contributed by atoms with Crippen LogP contribution in [0.1, 0.15) is 12.0 Å². The minimum Gasteiger partial charge on any atom is -0.466 e. The maximum absolute atomic E-state index is 12.2. The van der Waals surface area contributed by atoms with Gasteiger partial charge in [-0.05, 0) is 5.56 Å². The number of halogens is 1. The lowest BCUT2D eigenvalue weighted by molar-refractivity contribution is -0.166. The molecule has 0 aromatic heterocycles. The third-order valence-electron chi connectivity index (χ3n) is 3.47. The molecule has 0 radical (unpaired) electrons. The fourth-order valence-corrected chi connectivity index (χ4v) is 2.37. The maximum Gasteiger partial charge on any atom is 0.353 e. The highest BCUT2D eigenvalue weighted by atomic mass is 35.5. The van der Waals surface area contributed by atoms with Gasteiger partial charge in [-0.2, -0.15) is 0 Å². The molecule has 1 aliphatic heterocycles. The first-order valence-electron chi connectivity index (χ1n) is 6.73. The molecule has 1 aromatic rings. The van der Waals surface area contributed by atoms with Gasteiger partial charge in [-0.3, -0.25) is 0 Å². The third kappa shape index (κ3) is 3.97. The number of benzene rings is 1. The SMILES string of the molecule is COC[C@@H](N)C1=NOC(Cc2ccccc2)(C(=O)OC)C1.Cl. The number of ether oxygens (including phenoxy) is 2. The highest BCUT2D eigenvalue weighted by Gasteiger charge is 2.48. The topological polar surface area (TPSA) is 83.1 Å². The second kappa shape index (κ2) is 8.12. The molecule has 0 aliphatic carbocycles. The summed E-state index contributed by atoms with van der Waals surface area (Å²) in [5.74, 6) is -0.449. The van der Waals surface area contributed by atoms with Crippen LogP contribution in [0, 0.1) is 0 Å². The van der Waals surface area contributed by atoms with Gasteiger partial charge in [0.05, 0.1) is 25.5 Å². The standard InChI is InChI=1S/C15H20N2O4.ClH/c1-19-10-12(16)13-9-15(21-17-13,14(18)20-2)8-11-6-4-3-5-7-11;/h3-7,12H,8-10,16H2,1-2H3;1H/t12-,15?;/m1./s1. The lowest BCUT2D eigenvalue weighted by Crippen LogP contribution is -2.44. The first-order chi connectivity index (χ1) is 10.1. The van der Waals surface area contributed by atoms with Crippen LogP contribution in [0.5, 0.6) is 0 Å². The van der Waals surface area contributed by atoms with Crippen LogP contribution >= 0.6 is 12.4 Å². The Morgan fingerprint density at radius 3 is 2.68 bits per heavy atom. The van der Waals surface area contributed by atoms with E-state index < -0.39 is 17.6 Å². The average molecular weight is 329 g/mol. The van der Waals surface area contributed by atoms with Crippen molar-refractivity contribution in [1.29, 1.82) is 0 Å². The van der Waals surface area contributed by atoms with Crippen molar-refractivity contribution in [3.05, 3.63) is 35.9 Å². The van der Waals surface area contributed by atoms with Crippen LogP contribution in [0.3, 0.4) is 0 Å². The zero-order chi connectivity index (χ0) is 15.3. The molecule has 1 aromatic carbocycles. The van der Waals surface area contributed by atoms with E-state index in [1.165, 1.54) is 7.11 Å². The van der Waals surface area contributed by atoms with Gasteiger partial charge in [-0.25, -0.2) is 4.79 Å². The number of methoxy groups -OCH3 is 2. The van der Waals surface area contributed by atoms with Crippen molar-refractivity contribution in [3.8, 4) is 0 Å². The molecule has 2 atom stereocenters. The summed E-state index contributed by atoms with van der Waals surface area (Å²) in [5, 5.41) is 3.98. The second-order valence-corrected chi connectivity index (χ2v) is 5.06. The van der Waals surface area contributed by atoms with Crippen LogP contribution in [-0.2, 0) is 25.5 Å². The minimum atomic E-state index is -1.14. The molecule has 1 unspecified atom stereocenters. The Bertz CT molecular complexity index is 524. The Morgan fingerprint density at radius 2 is 2.09 bits per heavy atom. The van der Waals surface area contributed by atoms with E-state index in [0.717, 1.165) is 5.56 Å². The molecule has 1 aliphatic rings. The lowest BCUT2D eigenvalue weighted by Gasteiger charge is -2.24. The van der Waals surface area contributed by atoms with E-state index in [9.17, 15) is 4.79 Å². The van der Waals surface area contributed by atoms with Crippen molar-refractivity contribution in [1.82, 2.24) is 0 Å². The van der Waals surface area contributed by atoms with Crippen LogP contribution in [0.15, 0.2) is 35.5 Å². The highest BCUT2D eigenvalue weighted by Crippen LogP contribution is 2.30. The van der Waals surface area contributed by atoms with E-state index in [4.69, 9.17) is 20.0 Å². The number of carbonyl (C=O) groups excluding carboxylic acids is 1. The number of rotatable bonds is 6. The third-order valence-corrected chi connectivity index (χ3v) is 3.47. The Balaban J connectivity index is 0.00000242. The van der Waals surface area contributed by atoms with Crippen molar-refractivity contribution in [3.63, 3.8) is 0 Å². The number of nitrogens with two attached hydrogens (primary N) is 1. The summed E-state index contributed by atoms with van der Waals surface area (Å²) in [4.78, 5) is 17.6. The molecule has 0 spiro atoms. The van der Waals surface area contributed by atoms with Gasteiger partial charge < -0.3 is 20.0 Å². The molecule has 7 heteroatoms. The van der Waals surface area contributed by atoms with Crippen LogP contribution < -0.4 is 5.73 Å². The first-order valence-corrected chi connectivity index (χ1v) is 6.73. The van der Waals surface area contributed by atoms with Crippen LogP contribution in [0.25, 0.3) is 0 Å². The number of oxime groups is 1. The van der Waals surface area contributed by atoms with Crippen molar-refractivity contribution in [2.75, 3.05) is 20.8 Å². The molecule has 0 amide bonds. The molecule has 6 nitrogen and oxygen atoms in total. The van der Waals surface area contributed by atoms with Crippen LogP contribution in [0.4, 0.5) is 0 Å². The van der Waals surface area contributed by atoms with Crippen LogP contribution in [0.2, 0.25) is 0 Å². The number of nitrogens with zero attached hydrogens (tertiary/aromatic N) is 1. The van der Waals surface area contributed by atoms with Crippen molar-refractivity contribution >= 4 is 24.1 Å². The van der Waals surface area contributed by atoms with E-state index >= 15 is 0 Å². The molecular weight excluding hydrogens is 308 g/mol. The average Bonchev–Trinajstić information content (AvgIpc) is 2.93. The smallest absolute Gasteiger partial charge is 0.353 e. The lowest BCUT2D eigenvalue weighted by atomic mass is 9.88. The molecule has 0 fully saturated rings. The number of hydrogen-bond donors (Lipinski definition) is 1. The summed E-state index contributed by atoms with van der Waals surface area (Å²) >= 11 is 0. The predicted molar refractivity (Wildman–Crippen MR) is 85.1 cm³/mol. The quantitative estimate of drug-likeness (QED) is 0.796. The summed E-state index contributed by atoms with van der Waals surface area (Å²) in [6, 6.07) is 9.21. The van der Waals surface area contributed by atoms with Gasteiger partial charge in [-0.15, -0.1) is 12.4 Å². The molecule has 122 valence electrons. The minimum absolute atomic E-state index is 0. The van der Waals surface area contributed by atoms with Gasteiger partial charge in [0.1, 0.15) is 0 Å².